The molecule has 88 valence electrons. The zero-order chi connectivity index (χ0) is 12.3. The molecule has 0 radical (unpaired) electrons. The maximum absolute atomic E-state index is 13.3. The summed E-state index contributed by atoms with van der Waals surface area (Å²) in [5, 5.41) is 0. The van der Waals surface area contributed by atoms with Gasteiger partial charge in [-0.05, 0) is 18.1 Å². The zero-order valence-corrected chi connectivity index (χ0v) is 9.96. The molecule has 0 heterocycles. The van der Waals surface area contributed by atoms with E-state index in [1.165, 1.54) is 6.07 Å². The van der Waals surface area contributed by atoms with Gasteiger partial charge in [-0.1, -0.05) is 39.0 Å². The lowest BCUT2D eigenvalue weighted by molar-refractivity contribution is -0.127. The molecule has 16 heavy (non-hydrogen) atoms. The van der Waals surface area contributed by atoms with Gasteiger partial charge in [-0.2, -0.15) is 0 Å². The Morgan fingerprint density at radius 1 is 1.38 bits per heavy atom. The van der Waals surface area contributed by atoms with Crippen molar-refractivity contribution < 1.29 is 9.18 Å². The minimum absolute atomic E-state index is 0.0456. The molecule has 1 rings (SSSR count). The summed E-state index contributed by atoms with van der Waals surface area (Å²) in [6, 6.07) is 5.76. The second-order valence-corrected chi connectivity index (χ2v) is 5.02. The molecule has 0 unspecified atom stereocenters. The molecule has 0 bridgehead atoms. The normalized spacial score (nSPS) is 13.6. The molecular weight excluding hydrogens is 205 g/mol. The number of rotatable bonds is 3. The summed E-state index contributed by atoms with van der Waals surface area (Å²) in [5.41, 5.74) is 5.80. The van der Waals surface area contributed by atoms with Crippen molar-refractivity contribution in [2.45, 2.75) is 33.2 Å². The number of hydrogen-bond donors (Lipinski definition) is 1. The monoisotopic (exact) mass is 223 g/mol. The molecule has 0 amide bonds. The topological polar surface area (TPSA) is 43.1 Å². The number of nitrogens with two attached hydrogens (primary N) is 1. The summed E-state index contributed by atoms with van der Waals surface area (Å²) in [5.74, 6) is -0.351. The fraction of sp³-hybridized carbons (Fsp3) is 0.462. The van der Waals surface area contributed by atoms with Crippen LogP contribution < -0.4 is 5.73 Å². The van der Waals surface area contributed by atoms with Crippen molar-refractivity contribution >= 4 is 5.78 Å². The van der Waals surface area contributed by atoms with Gasteiger partial charge in [0, 0.05) is 5.41 Å². The molecule has 0 saturated heterocycles. The van der Waals surface area contributed by atoms with Crippen LogP contribution in [0.4, 0.5) is 4.39 Å². The van der Waals surface area contributed by atoms with Gasteiger partial charge in [-0.25, -0.2) is 4.39 Å². The van der Waals surface area contributed by atoms with Crippen molar-refractivity contribution in [1.29, 1.82) is 0 Å². The number of carbonyl (C=O) groups excluding carboxylic acids is 1. The summed E-state index contributed by atoms with van der Waals surface area (Å²) in [6.07, 6.45) is 0.253. The molecule has 0 aliphatic rings. The summed E-state index contributed by atoms with van der Waals surface area (Å²) in [7, 11) is 0. The summed E-state index contributed by atoms with van der Waals surface area (Å²) in [6.45, 7) is 5.45. The van der Waals surface area contributed by atoms with Gasteiger partial charge in [0.2, 0.25) is 0 Å². The highest BCUT2D eigenvalue weighted by Crippen LogP contribution is 2.18. The molecule has 0 aromatic heterocycles. The van der Waals surface area contributed by atoms with E-state index in [1.807, 2.05) is 20.8 Å². The summed E-state index contributed by atoms with van der Waals surface area (Å²) in [4.78, 5) is 11.8. The largest absolute Gasteiger partial charge is 0.321 e. The van der Waals surface area contributed by atoms with Crippen LogP contribution in [0, 0.1) is 11.2 Å². The Kier molecular flexibility index (Phi) is 3.81. The van der Waals surface area contributed by atoms with Gasteiger partial charge >= 0.3 is 0 Å². The van der Waals surface area contributed by atoms with Crippen LogP contribution in [0.1, 0.15) is 26.3 Å². The third kappa shape index (κ3) is 3.14. The number of Topliss-reactive ketones (excluding diaryl/α,β-unsaturated/α-hetero) is 1. The van der Waals surface area contributed by atoms with Crippen molar-refractivity contribution in [2.75, 3.05) is 0 Å². The molecule has 0 fully saturated rings. The van der Waals surface area contributed by atoms with Gasteiger partial charge in [-0.15, -0.1) is 0 Å². The zero-order valence-electron chi connectivity index (χ0n) is 9.96. The Balaban J connectivity index is 2.76. The average molecular weight is 223 g/mol. The molecule has 0 spiro atoms. The summed E-state index contributed by atoms with van der Waals surface area (Å²) >= 11 is 0. The number of carbonyl (C=O) groups is 1. The van der Waals surface area contributed by atoms with E-state index in [0.717, 1.165) is 0 Å². The van der Waals surface area contributed by atoms with Crippen molar-refractivity contribution in [2.24, 2.45) is 11.1 Å². The lowest BCUT2D eigenvalue weighted by Gasteiger charge is -2.21. The van der Waals surface area contributed by atoms with Crippen LogP contribution in [0.3, 0.4) is 0 Å². The van der Waals surface area contributed by atoms with Gasteiger partial charge in [-0.3, -0.25) is 4.79 Å². The van der Waals surface area contributed by atoms with Crippen LogP contribution >= 0.6 is 0 Å². The fourth-order valence-corrected chi connectivity index (χ4v) is 1.55. The van der Waals surface area contributed by atoms with Gasteiger partial charge in [0.25, 0.3) is 0 Å². The summed E-state index contributed by atoms with van der Waals surface area (Å²) < 4.78 is 13.3. The first-order chi connectivity index (χ1) is 7.32. The van der Waals surface area contributed by atoms with Gasteiger partial charge < -0.3 is 5.73 Å². The van der Waals surface area contributed by atoms with Gasteiger partial charge in [0.1, 0.15) is 5.82 Å². The van der Waals surface area contributed by atoms with Gasteiger partial charge in [0.05, 0.1) is 6.04 Å². The molecule has 2 nitrogen and oxygen atoms in total. The Labute approximate surface area is 95.7 Å². The maximum atomic E-state index is 13.3. The molecular formula is C13H18FNO. The SMILES string of the molecule is CC(C)(C)C(=O)[C@H](N)Cc1ccccc1F. The molecule has 0 saturated carbocycles. The Hall–Kier alpha value is -1.22. The minimum atomic E-state index is -0.642. The van der Waals surface area contributed by atoms with Crippen molar-refractivity contribution in [3.05, 3.63) is 35.6 Å². The van der Waals surface area contributed by atoms with E-state index in [2.05, 4.69) is 0 Å². The first kappa shape index (κ1) is 12.8. The predicted octanol–water partition coefficient (Wildman–Crippen LogP) is 2.31. The molecule has 1 aromatic carbocycles. The van der Waals surface area contributed by atoms with E-state index in [9.17, 15) is 9.18 Å². The Bertz CT molecular complexity index is 382. The first-order valence-electron chi connectivity index (χ1n) is 5.35. The van der Waals surface area contributed by atoms with Crippen molar-refractivity contribution in [3.8, 4) is 0 Å². The number of hydrogen-bond acceptors (Lipinski definition) is 2. The van der Waals surface area contributed by atoms with E-state index in [4.69, 9.17) is 5.73 Å². The van der Waals surface area contributed by atoms with Crippen LogP contribution in [-0.4, -0.2) is 11.8 Å². The molecule has 2 N–H and O–H groups in total. The highest BCUT2D eigenvalue weighted by atomic mass is 19.1. The Morgan fingerprint density at radius 2 is 1.94 bits per heavy atom. The molecule has 3 heteroatoms. The lowest BCUT2D eigenvalue weighted by Crippen LogP contribution is -2.40. The third-order valence-corrected chi connectivity index (χ3v) is 2.47. The molecule has 1 atom stereocenters. The number of benzene rings is 1. The highest BCUT2D eigenvalue weighted by molar-refractivity contribution is 5.88. The Morgan fingerprint density at radius 3 is 2.44 bits per heavy atom. The predicted molar refractivity (Wildman–Crippen MR) is 62.5 cm³/mol. The van der Waals surface area contributed by atoms with Crippen LogP contribution in [0.2, 0.25) is 0 Å². The second kappa shape index (κ2) is 4.74. The van der Waals surface area contributed by atoms with E-state index >= 15 is 0 Å². The smallest absolute Gasteiger partial charge is 0.155 e. The van der Waals surface area contributed by atoms with E-state index < -0.39 is 11.5 Å². The van der Waals surface area contributed by atoms with Crippen LogP contribution in [0.25, 0.3) is 0 Å². The average Bonchev–Trinajstić information content (AvgIpc) is 2.19. The van der Waals surface area contributed by atoms with E-state index in [1.54, 1.807) is 18.2 Å². The van der Waals surface area contributed by atoms with Crippen molar-refractivity contribution in [1.82, 2.24) is 0 Å². The maximum Gasteiger partial charge on any atom is 0.155 e. The molecule has 1 aromatic rings. The second-order valence-electron chi connectivity index (χ2n) is 5.02. The first-order valence-corrected chi connectivity index (χ1v) is 5.35. The lowest BCUT2D eigenvalue weighted by atomic mass is 9.84. The quantitative estimate of drug-likeness (QED) is 0.854. The number of halogens is 1. The fourth-order valence-electron chi connectivity index (χ4n) is 1.55. The third-order valence-electron chi connectivity index (χ3n) is 2.47. The van der Waals surface area contributed by atoms with Crippen LogP contribution in [0.5, 0.6) is 0 Å². The van der Waals surface area contributed by atoms with E-state index in [0.29, 0.717) is 5.56 Å². The minimum Gasteiger partial charge on any atom is -0.321 e. The van der Waals surface area contributed by atoms with Crippen LogP contribution in [-0.2, 0) is 11.2 Å². The molecule has 0 aliphatic heterocycles. The molecule has 0 aliphatic carbocycles. The highest BCUT2D eigenvalue weighted by Gasteiger charge is 2.27. The number of ketones is 1. The van der Waals surface area contributed by atoms with Crippen LogP contribution in [0.15, 0.2) is 24.3 Å². The van der Waals surface area contributed by atoms with E-state index in [-0.39, 0.29) is 18.0 Å². The standard InChI is InChI=1S/C13H18FNO/c1-13(2,3)12(16)11(15)8-9-6-4-5-7-10(9)14/h4-7,11H,8,15H2,1-3H3/t11-/m1/s1. The van der Waals surface area contributed by atoms with Crippen molar-refractivity contribution in [3.63, 3.8) is 0 Å². The van der Waals surface area contributed by atoms with Gasteiger partial charge in [0.15, 0.2) is 5.78 Å².